The van der Waals surface area contributed by atoms with Crippen molar-refractivity contribution in [2.24, 2.45) is 10.2 Å². The number of rotatable bonds is 8. The lowest BCUT2D eigenvalue weighted by molar-refractivity contribution is -0.385. The first-order chi connectivity index (χ1) is 16.2. The van der Waals surface area contributed by atoms with E-state index in [4.69, 9.17) is 0 Å². The fourth-order valence-electron chi connectivity index (χ4n) is 3.42. The van der Waals surface area contributed by atoms with Crippen molar-refractivity contribution in [3.05, 3.63) is 102 Å². The van der Waals surface area contributed by atoms with Gasteiger partial charge >= 0.3 is 0 Å². The normalized spacial score (nSPS) is 11.2. The zero-order valence-electron chi connectivity index (χ0n) is 19.2. The largest absolute Gasteiger partial charge is 0.278 e. The number of benzene rings is 3. The maximum absolute atomic E-state index is 10.8. The van der Waals surface area contributed by atoms with E-state index in [1.54, 1.807) is 36.7 Å². The molecule has 0 heterocycles. The number of nitrogens with one attached hydrogen (secondary N) is 2. The van der Waals surface area contributed by atoms with E-state index in [1.165, 1.54) is 24.3 Å². The third-order valence-electron chi connectivity index (χ3n) is 5.67. The van der Waals surface area contributed by atoms with E-state index in [1.807, 2.05) is 27.7 Å². The molecule has 0 aliphatic rings. The summed E-state index contributed by atoms with van der Waals surface area (Å²) in [5.41, 5.74) is 13.3. The Morgan fingerprint density at radius 1 is 0.618 bits per heavy atom. The molecule has 174 valence electrons. The van der Waals surface area contributed by atoms with Gasteiger partial charge in [-0.05, 0) is 74.2 Å². The van der Waals surface area contributed by atoms with E-state index in [0.29, 0.717) is 11.4 Å². The third-order valence-corrected chi connectivity index (χ3v) is 5.67. The second kappa shape index (κ2) is 10.3. The Labute approximate surface area is 196 Å². The van der Waals surface area contributed by atoms with Crippen molar-refractivity contribution in [2.75, 3.05) is 10.9 Å². The molecule has 10 heteroatoms. The van der Waals surface area contributed by atoms with Crippen molar-refractivity contribution in [1.82, 2.24) is 0 Å². The summed E-state index contributed by atoms with van der Waals surface area (Å²) < 4.78 is 0. The molecule has 0 saturated carbocycles. The average molecular weight is 460 g/mol. The first kappa shape index (κ1) is 24.1. The number of non-ortho nitro benzene ring substituents is 2. The van der Waals surface area contributed by atoms with Crippen LogP contribution >= 0.6 is 0 Å². The lowest BCUT2D eigenvalue weighted by atomic mass is 9.90. The van der Waals surface area contributed by atoms with Gasteiger partial charge in [-0.15, -0.1) is 0 Å². The summed E-state index contributed by atoms with van der Waals surface area (Å²) in [6.45, 7) is 8.04. The second-order valence-corrected chi connectivity index (χ2v) is 7.68. The molecule has 3 rings (SSSR count). The van der Waals surface area contributed by atoms with Crippen LogP contribution in [-0.4, -0.2) is 22.3 Å². The summed E-state index contributed by atoms with van der Waals surface area (Å²) in [5, 5.41) is 30.1. The highest BCUT2D eigenvalue weighted by atomic mass is 16.6. The lowest BCUT2D eigenvalue weighted by Gasteiger charge is -2.16. The molecular formula is C24H24N6O4. The van der Waals surface area contributed by atoms with Crippen molar-refractivity contribution in [3.8, 4) is 0 Å². The van der Waals surface area contributed by atoms with Gasteiger partial charge in [-0.1, -0.05) is 0 Å². The SMILES string of the molecule is Cc1c(C)c(/C=N/Nc2ccc([N+](=O)[O-])cc2)c(C)c(C)c1/C=N/Nc1ccc([N+](=O)[O-])cc1. The van der Waals surface area contributed by atoms with Gasteiger partial charge in [0, 0.05) is 35.4 Å². The Morgan fingerprint density at radius 2 is 0.912 bits per heavy atom. The molecule has 0 radical (unpaired) electrons. The van der Waals surface area contributed by atoms with Gasteiger partial charge in [-0.2, -0.15) is 10.2 Å². The quantitative estimate of drug-likeness (QED) is 0.254. The number of nitro groups is 2. The summed E-state index contributed by atoms with van der Waals surface area (Å²) in [4.78, 5) is 20.6. The first-order valence-corrected chi connectivity index (χ1v) is 10.4. The Morgan fingerprint density at radius 3 is 1.18 bits per heavy atom. The highest BCUT2D eigenvalue weighted by molar-refractivity contribution is 5.92. The molecule has 0 bridgehead atoms. The summed E-state index contributed by atoms with van der Waals surface area (Å²) in [7, 11) is 0. The van der Waals surface area contributed by atoms with Crippen LogP contribution in [0.2, 0.25) is 0 Å². The van der Waals surface area contributed by atoms with Crippen LogP contribution in [0.15, 0.2) is 58.7 Å². The predicted molar refractivity (Wildman–Crippen MR) is 134 cm³/mol. The smallest absolute Gasteiger partial charge is 0.269 e. The van der Waals surface area contributed by atoms with E-state index in [-0.39, 0.29) is 11.4 Å². The molecular weight excluding hydrogens is 436 g/mol. The number of hydrazone groups is 2. The molecule has 0 fully saturated rings. The summed E-state index contributed by atoms with van der Waals surface area (Å²) in [6, 6.07) is 12.1. The second-order valence-electron chi connectivity index (χ2n) is 7.68. The van der Waals surface area contributed by atoms with Crippen LogP contribution in [0.25, 0.3) is 0 Å². The molecule has 3 aromatic carbocycles. The molecule has 0 saturated heterocycles. The van der Waals surface area contributed by atoms with Gasteiger partial charge in [0.2, 0.25) is 0 Å². The number of anilines is 2. The molecule has 0 aromatic heterocycles. The van der Waals surface area contributed by atoms with E-state index in [2.05, 4.69) is 21.1 Å². The summed E-state index contributed by atoms with van der Waals surface area (Å²) >= 11 is 0. The van der Waals surface area contributed by atoms with Crippen LogP contribution in [0.3, 0.4) is 0 Å². The molecule has 2 N–H and O–H groups in total. The van der Waals surface area contributed by atoms with Crippen molar-refractivity contribution >= 4 is 35.2 Å². The van der Waals surface area contributed by atoms with E-state index in [9.17, 15) is 20.2 Å². The van der Waals surface area contributed by atoms with Crippen molar-refractivity contribution in [3.63, 3.8) is 0 Å². The summed E-state index contributed by atoms with van der Waals surface area (Å²) in [6.07, 6.45) is 3.48. The molecule has 0 unspecified atom stereocenters. The molecule has 0 spiro atoms. The zero-order chi connectivity index (χ0) is 24.8. The minimum Gasteiger partial charge on any atom is -0.278 e. The summed E-state index contributed by atoms with van der Waals surface area (Å²) in [5.74, 6) is 0. The van der Waals surface area contributed by atoms with Gasteiger partial charge in [0.15, 0.2) is 0 Å². The van der Waals surface area contributed by atoms with E-state index in [0.717, 1.165) is 33.4 Å². The lowest BCUT2D eigenvalue weighted by Crippen LogP contribution is -2.06. The number of nitrogens with zero attached hydrogens (tertiary/aromatic N) is 4. The molecule has 0 aliphatic heterocycles. The van der Waals surface area contributed by atoms with Crippen molar-refractivity contribution in [2.45, 2.75) is 27.7 Å². The van der Waals surface area contributed by atoms with Gasteiger partial charge in [-0.3, -0.25) is 31.1 Å². The molecule has 3 aromatic rings. The van der Waals surface area contributed by atoms with Crippen molar-refractivity contribution in [1.29, 1.82) is 0 Å². The zero-order valence-corrected chi connectivity index (χ0v) is 19.2. The topological polar surface area (TPSA) is 135 Å². The highest BCUT2D eigenvalue weighted by Crippen LogP contribution is 2.25. The molecule has 0 aliphatic carbocycles. The standard InChI is InChI=1S/C24H24N6O4/c1-15-16(2)24(14-26-28-20-7-11-22(12-8-20)30(33)34)18(4)17(3)23(15)13-25-27-19-5-9-21(10-6-19)29(31)32/h5-14,27-28H,1-4H3/b25-13+,26-14+. The van der Waals surface area contributed by atoms with Crippen molar-refractivity contribution < 1.29 is 9.85 Å². The van der Waals surface area contributed by atoms with Gasteiger partial charge in [-0.25, -0.2) is 0 Å². The van der Waals surface area contributed by atoms with Gasteiger partial charge < -0.3 is 0 Å². The Bertz CT molecular complexity index is 1150. The fourth-order valence-corrected chi connectivity index (χ4v) is 3.42. The fraction of sp³-hybridized carbons (Fsp3) is 0.167. The van der Waals surface area contributed by atoms with Gasteiger partial charge in [0.05, 0.1) is 33.7 Å². The van der Waals surface area contributed by atoms with E-state index >= 15 is 0 Å². The number of hydrogen-bond donors (Lipinski definition) is 2. The number of nitro benzene ring substituents is 2. The van der Waals surface area contributed by atoms with Crippen LogP contribution in [0.4, 0.5) is 22.7 Å². The third kappa shape index (κ3) is 5.41. The first-order valence-electron chi connectivity index (χ1n) is 10.4. The highest BCUT2D eigenvalue weighted by Gasteiger charge is 2.13. The number of hydrogen-bond acceptors (Lipinski definition) is 8. The van der Waals surface area contributed by atoms with Crippen LogP contribution in [0, 0.1) is 47.9 Å². The van der Waals surface area contributed by atoms with Crippen LogP contribution < -0.4 is 10.9 Å². The predicted octanol–water partition coefficient (Wildman–Crippen LogP) is 5.63. The minimum atomic E-state index is -0.447. The Hall–Kier alpha value is -4.60. The Kier molecular flexibility index (Phi) is 7.32. The average Bonchev–Trinajstić information content (AvgIpc) is 2.82. The minimum absolute atomic E-state index is 0.0211. The molecule has 0 amide bonds. The maximum Gasteiger partial charge on any atom is 0.269 e. The molecule has 10 nitrogen and oxygen atoms in total. The molecule has 34 heavy (non-hydrogen) atoms. The van der Waals surface area contributed by atoms with Crippen LogP contribution in [0.1, 0.15) is 33.4 Å². The maximum atomic E-state index is 10.8. The van der Waals surface area contributed by atoms with E-state index < -0.39 is 9.85 Å². The van der Waals surface area contributed by atoms with Gasteiger partial charge in [0.25, 0.3) is 11.4 Å². The van der Waals surface area contributed by atoms with Crippen LogP contribution in [-0.2, 0) is 0 Å². The Balaban J connectivity index is 1.76. The molecule has 0 atom stereocenters. The monoisotopic (exact) mass is 460 g/mol. The van der Waals surface area contributed by atoms with Crippen LogP contribution in [0.5, 0.6) is 0 Å². The van der Waals surface area contributed by atoms with Gasteiger partial charge in [0.1, 0.15) is 0 Å².